The number of benzene rings is 1. The van der Waals surface area contributed by atoms with Crippen molar-refractivity contribution in [3.8, 4) is 22.5 Å². The van der Waals surface area contributed by atoms with Gasteiger partial charge >= 0.3 is 0 Å². The molecule has 1 N–H and O–H groups in total. The average molecular weight is 378 g/mol. The molecule has 4 heterocycles. The van der Waals surface area contributed by atoms with Gasteiger partial charge in [0.15, 0.2) is 12.0 Å². The van der Waals surface area contributed by atoms with Crippen LogP contribution in [0, 0.1) is 0 Å². The van der Waals surface area contributed by atoms with Gasteiger partial charge in [0.2, 0.25) is 5.56 Å². The molecular weight excluding hydrogens is 366 g/mol. The number of pyridine rings is 2. The van der Waals surface area contributed by atoms with E-state index in [0.717, 1.165) is 16.5 Å². The van der Waals surface area contributed by atoms with Gasteiger partial charge in [0, 0.05) is 30.3 Å². The molecule has 0 amide bonds. The van der Waals surface area contributed by atoms with E-state index in [4.69, 9.17) is 16.0 Å². The zero-order valence-corrected chi connectivity index (χ0v) is 14.9. The highest BCUT2D eigenvalue weighted by Gasteiger charge is 2.16. The lowest BCUT2D eigenvalue weighted by molar-refractivity contribution is 0.602. The molecule has 27 heavy (non-hydrogen) atoms. The predicted molar refractivity (Wildman–Crippen MR) is 103 cm³/mol. The van der Waals surface area contributed by atoms with Crippen molar-refractivity contribution >= 4 is 33.7 Å². The van der Waals surface area contributed by atoms with Crippen LogP contribution in [0.1, 0.15) is 0 Å². The highest BCUT2D eigenvalue weighted by atomic mass is 35.5. The summed E-state index contributed by atoms with van der Waals surface area (Å²) < 4.78 is 7.13. The summed E-state index contributed by atoms with van der Waals surface area (Å²) in [7, 11) is 1.84. The zero-order chi connectivity index (χ0) is 18.5. The summed E-state index contributed by atoms with van der Waals surface area (Å²) in [6, 6.07) is 10.7. The molecule has 0 unspecified atom stereocenters. The molecule has 4 aromatic heterocycles. The first-order valence-electron chi connectivity index (χ1n) is 8.16. The van der Waals surface area contributed by atoms with E-state index in [0.29, 0.717) is 33.2 Å². The number of hydrogen-bond acceptors (Lipinski definition) is 5. The quantitative estimate of drug-likeness (QED) is 0.505. The largest absolute Gasteiger partial charge is 0.443 e. The van der Waals surface area contributed by atoms with Crippen LogP contribution in [0.2, 0.25) is 5.02 Å². The minimum Gasteiger partial charge on any atom is -0.443 e. The van der Waals surface area contributed by atoms with E-state index < -0.39 is 0 Å². The normalized spacial score (nSPS) is 11.5. The molecule has 0 fully saturated rings. The van der Waals surface area contributed by atoms with Crippen molar-refractivity contribution in [2.75, 3.05) is 0 Å². The third-order valence-electron chi connectivity index (χ3n) is 4.37. The summed E-state index contributed by atoms with van der Waals surface area (Å²) in [4.78, 5) is 23.3. The van der Waals surface area contributed by atoms with Crippen molar-refractivity contribution in [2.24, 2.45) is 7.05 Å². The van der Waals surface area contributed by atoms with Gasteiger partial charge in [-0.25, -0.2) is 9.97 Å². The predicted octanol–water partition coefficient (Wildman–Crippen LogP) is 3.79. The van der Waals surface area contributed by atoms with Crippen molar-refractivity contribution in [1.29, 1.82) is 0 Å². The number of fused-ring (bicyclic) bond motifs is 2. The number of rotatable bonds is 2. The number of aryl methyl sites for hydroxylation is 1. The molecule has 0 atom stereocenters. The Hall–Kier alpha value is -3.45. The minimum absolute atomic E-state index is 0.208. The van der Waals surface area contributed by atoms with Crippen molar-refractivity contribution in [3.63, 3.8) is 0 Å². The van der Waals surface area contributed by atoms with E-state index in [1.54, 1.807) is 10.7 Å². The van der Waals surface area contributed by atoms with Gasteiger partial charge in [-0.3, -0.25) is 9.48 Å². The Balaban J connectivity index is 1.85. The number of nitrogens with zero attached hydrogens (tertiary/aromatic N) is 4. The topological polar surface area (TPSA) is 89.6 Å². The molecule has 0 radical (unpaired) electrons. The molecule has 0 aliphatic carbocycles. The molecule has 0 saturated heterocycles. The maximum Gasteiger partial charge on any atom is 0.249 e. The Morgan fingerprint density at radius 2 is 2.07 bits per heavy atom. The maximum atomic E-state index is 11.7. The summed E-state index contributed by atoms with van der Waals surface area (Å²) in [6.07, 6.45) is 3.20. The van der Waals surface area contributed by atoms with Crippen molar-refractivity contribution in [1.82, 2.24) is 24.7 Å². The highest BCUT2D eigenvalue weighted by molar-refractivity contribution is 6.35. The fourth-order valence-electron chi connectivity index (χ4n) is 3.12. The number of aromatic nitrogens is 5. The fourth-order valence-corrected chi connectivity index (χ4v) is 3.38. The average Bonchev–Trinajstić information content (AvgIpc) is 3.29. The summed E-state index contributed by atoms with van der Waals surface area (Å²) in [5, 5.41) is 5.76. The van der Waals surface area contributed by atoms with Gasteiger partial charge in [0.05, 0.1) is 5.02 Å². The van der Waals surface area contributed by atoms with Crippen LogP contribution in [0.15, 0.2) is 58.2 Å². The second kappa shape index (κ2) is 5.78. The lowest BCUT2D eigenvalue weighted by atomic mass is 10.0. The lowest BCUT2D eigenvalue weighted by Gasteiger charge is -2.10. The third-order valence-corrected chi connectivity index (χ3v) is 4.65. The van der Waals surface area contributed by atoms with Gasteiger partial charge in [-0.1, -0.05) is 11.6 Å². The number of hydrogen-bond donors (Lipinski definition) is 1. The molecule has 5 rings (SSSR count). The van der Waals surface area contributed by atoms with Crippen LogP contribution < -0.4 is 5.56 Å². The highest BCUT2D eigenvalue weighted by Crippen LogP contribution is 2.36. The Morgan fingerprint density at radius 3 is 2.89 bits per heavy atom. The van der Waals surface area contributed by atoms with E-state index in [1.807, 2.05) is 37.5 Å². The van der Waals surface area contributed by atoms with E-state index in [1.165, 1.54) is 12.5 Å². The van der Waals surface area contributed by atoms with E-state index in [2.05, 4.69) is 20.1 Å². The van der Waals surface area contributed by atoms with E-state index in [-0.39, 0.29) is 5.56 Å². The van der Waals surface area contributed by atoms with Crippen molar-refractivity contribution in [2.45, 2.75) is 0 Å². The Morgan fingerprint density at radius 1 is 1.19 bits per heavy atom. The van der Waals surface area contributed by atoms with Crippen LogP contribution in [-0.4, -0.2) is 24.7 Å². The summed E-state index contributed by atoms with van der Waals surface area (Å²) >= 11 is 6.38. The molecule has 1 aromatic carbocycles. The Labute approximate surface area is 157 Å². The van der Waals surface area contributed by atoms with E-state index in [9.17, 15) is 4.79 Å². The maximum absolute atomic E-state index is 11.7. The summed E-state index contributed by atoms with van der Waals surface area (Å²) in [6.45, 7) is 0. The van der Waals surface area contributed by atoms with Gasteiger partial charge in [-0.05, 0) is 35.9 Å². The van der Waals surface area contributed by atoms with Crippen LogP contribution in [0.3, 0.4) is 0 Å². The van der Waals surface area contributed by atoms with E-state index >= 15 is 0 Å². The number of aromatic amines is 1. The van der Waals surface area contributed by atoms with Gasteiger partial charge in [-0.15, -0.1) is 0 Å². The monoisotopic (exact) mass is 377 g/mol. The number of halogens is 1. The third kappa shape index (κ3) is 2.60. The van der Waals surface area contributed by atoms with Crippen LogP contribution >= 0.6 is 11.6 Å². The Kier molecular flexibility index (Phi) is 3.38. The van der Waals surface area contributed by atoms with Gasteiger partial charge in [0.1, 0.15) is 22.6 Å². The molecule has 132 valence electrons. The van der Waals surface area contributed by atoms with Crippen LogP contribution in [0.25, 0.3) is 44.6 Å². The zero-order valence-electron chi connectivity index (χ0n) is 14.1. The number of oxazole rings is 1. The first-order chi connectivity index (χ1) is 13.1. The van der Waals surface area contributed by atoms with Gasteiger partial charge in [-0.2, -0.15) is 5.10 Å². The molecule has 5 aromatic rings. The summed E-state index contributed by atoms with van der Waals surface area (Å²) in [5.41, 5.74) is 4.47. The molecule has 0 spiro atoms. The summed E-state index contributed by atoms with van der Waals surface area (Å²) in [5.74, 6) is 0. The van der Waals surface area contributed by atoms with Gasteiger partial charge < -0.3 is 9.40 Å². The van der Waals surface area contributed by atoms with Crippen molar-refractivity contribution in [3.05, 3.63) is 64.4 Å². The second-order valence-electron chi connectivity index (χ2n) is 6.18. The second-order valence-corrected chi connectivity index (χ2v) is 6.58. The first-order valence-corrected chi connectivity index (χ1v) is 8.53. The number of H-pyrrole nitrogens is 1. The molecule has 7 nitrogen and oxygen atoms in total. The molecular formula is C19H12ClN5O2. The fraction of sp³-hybridized carbons (Fsp3) is 0.0526. The van der Waals surface area contributed by atoms with Crippen LogP contribution in [-0.2, 0) is 7.05 Å². The molecule has 8 heteroatoms. The molecule has 0 aliphatic rings. The minimum atomic E-state index is -0.208. The van der Waals surface area contributed by atoms with Crippen molar-refractivity contribution < 1.29 is 4.42 Å². The lowest BCUT2D eigenvalue weighted by Crippen LogP contribution is -2.04. The smallest absolute Gasteiger partial charge is 0.249 e. The molecule has 0 aliphatic heterocycles. The molecule has 0 saturated carbocycles. The first kappa shape index (κ1) is 15.8. The van der Waals surface area contributed by atoms with Crippen LogP contribution in [0.4, 0.5) is 0 Å². The van der Waals surface area contributed by atoms with Gasteiger partial charge in [0.25, 0.3) is 0 Å². The standard InChI is InChI=1S/C19H12ClN5O2/c1-25-5-4-14(24-25)17-12(6-10-2-3-16(26)22-19(10)23-17)11-7-13(20)18-15(8-11)27-9-21-18/h2-9H,1H3,(H,22,23,26). The van der Waals surface area contributed by atoms with Crippen LogP contribution in [0.5, 0.6) is 0 Å². The molecule has 0 bridgehead atoms. The Bertz CT molecular complexity index is 1380. The number of nitrogens with one attached hydrogen (secondary N) is 1. The SMILES string of the molecule is Cn1ccc(-c2nc3[nH]c(=O)ccc3cc2-c2cc(Cl)c3ncoc3c2)n1.